The van der Waals surface area contributed by atoms with Gasteiger partial charge in [0.15, 0.2) is 5.69 Å². The Morgan fingerprint density at radius 3 is 2.72 bits per heavy atom. The molecule has 2 N–H and O–H groups in total. The van der Waals surface area contributed by atoms with Crippen molar-refractivity contribution in [2.24, 2.45) is 0 Å². The first-order chi connectivity index (χ1) is 11.9. The van der Waals surface area contributed by atoms with Crippen LogP contribution >= 0.6 is 11.3 Å². The zero-order valence-electron chi connectivity index (χ0n) is 12.4. The van der Waals surface area contributed by atoms with Crippen molar-refractivity contribution < 1.29 is 18.0 Å². The summed E-state index contributed by atoms with van der Waals surface area (Å²) in [5, 5.41) is 5.75. The Morgan fingerprint density at radius 1 is 1.16 bits per heavy atom. The van der Waals surface area contributed by atoms with Crippen LogP contribution in [0.15, 0.2) is 48.2 Å². The molecule has 0 aliphatic rings. The van der Waals surface area contributed by atoms with Crippen LogP contribution < -0.4 is 10.6 Å². The number of nitrogens with one attached hydrogen (secondary N) is 2. The number of halogens is 3. The van der Waals surface area contributed by atoms with Gasteiger partial charge < -0.3 is 10.6 Å². The molecule has 0 unspecified atom stereocenters. The van der Waals surface area contributed by atoms with E-state index < -0.39 is 17.8 Å². The molecule has 0 saturated heterocycles. The molecule has 3 aromatic heterocycles. The molecule has 3 rings (SSSR count). The molecule has 0 fully saturated rings. The number of amides is 1. The maximum atomic E-state index is 12.7. The highest BCUT2D eigenvalue weighted by Crippen LogP contribution is 2.29. The molecular weight excluding hydrogens is 355 g/mol. The van der Waals surface area contributed by atoms with Crippen LogP contribution in [0.2, 0.25) is 0 Å². The average molecular weight is 365 g/mol. The predicted molar refractivity (Wildman–Crippen MR) is 86.8 cm³/mol. The Hall–Kier alpha value is -3.01. The van der Waals surface area contributed by atoms with Crippen molar-refractivity contribution in [3.05, 3.63) is 59.6 Å². The van der Waals surface area contributed by atoms with Crippen LogP contribution in [-0.2, 0) is 6.18 Å². The molecule has 0 atom stereocenters. The van der Waals surface area contributed by atoms with Crippen LogP contribution in [0.4, 0.5) is 29.7 Å². The number of alkyl halides is 3. The number of aromatic nitrogens is 3. The lowest BCUT2D eigenvalue weighted by atomic mass is 10.3. The Kier molecular flexibility index (Phi) is 4.61. The molecule has 0 saturated carbocycles. The fourth-order valence-corrected chi connectivity index (χ4v) is 2.60. The van der Waals surface area contributed by atoms with E-state index in [1.807, 2.05) is 0 Å². The molecule has 25 heavy (non-hydrogen) atoms. The molecule has 128 valence electrons. The molecule has 1 amide bonds. The normalized spacial score (nSPS) is 11.2. The Bertz CT molecular complexity index is 882. The molecular formula is C15H10F3N5OS. The zero-order chi connectivity index (χ0) is 17.9. The lowest BCUT2D eigenvalue weighted by Gasteiger charge is -2.09. The summed E-state index contributed by atoms with van der Waals surface area (Å²) in [5.74, 6) is -0.875. The molecule has 0 radical (unpaired) electrons. The lowest BCUT2D eigenvalue weighted by Crippen LogP contribution is -2.16. The van der Waals surface area contributed by atoms with Crippen LogP contribution in [0, 0.1) is 0 Å². The number of anilines is 3. The average Bonchev–Trinajstić information content (AvgIpc) is 3.03. The Balaban J connectivity index is 1.78. The van der Waals surface area contributed by atoms with E-state index in [4.69, 9.17) is 0 Å². The number of thiazole rings is 1. The van der Waals surface area contributed by atoms with Crippen molar-refractivity contribution in [2.75, 3.05) is 10.6 Å². The zero-order valence-corrected chi connectivity index (χ0v) is 13.2. The number of hydrogen-bond acceptors (Lipinski definition) is 6. The summed E-state index contributed by atoms with van der Waals surface area (Å²) in [6.45, 7) is 0. The van der Waals surface area contributed by atoms with Gasteiger partial charge in [0.1, 0.15) is 16.5 Å². The van der Waals surface area contributed by atoms with Crippen molar-refractivity contribution in [3.63, 3.8) is 0 Å². The molecule has 0 spiro atoms. The van der Waals surface area contributed by atoms with Crippen molar-refractivity contribution in [1.82, 2.24) is 15.0 Å². The summed E-state index contributed by atoms with van der Waals surface area (Å²) < 4.78 is 38.0. The first kappa shape index (κ1) is 16.8. The highest BCUT2D eigenvalue weighted by Gasteiger charge is 2.32. The number of carbonyl (C=O) groups is 1. The van der Waals surface area contributed by atoms with Gasteiger partial charge in [0, 0.05) is 6.20 Å². The summed E-state index contributed by atoms with van der Waals surface area (Å²) in [7, 11) is 0. The maximum Gasteiger partial charge on any atom is 0.433 e. The molecule has 10 heteroatoms. The van der Waals surface area contributed by atoms with Gasteiger partial charge in [-0.1, -0.05) is 6.07 Å². The maximum absolute atomic E-state index is 12.7. The fourth-order valence-electron chi connectivity index (χ4n) is 1.90. The summed E-state index contributed by atoms with van der Waals surface area (Å²) >= 11 is 1.18. The minimum Gasteiger partial charge on any atom is -0.344 e. The second kappa shape index (κ2) is 6.85. The molecule has 3 aromatic rings. The monoisotopic (exact) mass is 365 g/mol. The largest absolute Gasteiger partial charge is 0.433 e. The van der Waals surface area contributed by atoms with Crippen LogP contribution in [0.25, 0.3) is 0 Å². The number of nitrogens with zero attached hydrogens (tertiary/aromatic N) is 3. The summed E-state index contributed by atoms with van der Waals surface area (Å²) in [6.07, 6.45) is -1.42. The van der Waals surface area contributed by atoms with Crippen molar-refractivity contribution in [1.29, 1.82) is 0 Å². The summed E-state index contributed by atoms with van der Waals surface area (Å²) in [6, 6.07) is 6.74. The van der Waals surface area contributed by atoms with Crippen LogP contribution in [-0.4, -0.2) is 20.9 Å². The topological polar surface area (TPSA) is 79.8 Å². The van der Waals surface area contributed by atoms with E-state index in [-0.39, 0.29) is 11.5 Å². The van der Waals surface area contributed by atoms with Gasteiger partial charge in [-0.3, -0.25) is 9.78 Å². The highest BCUT2D eigenvalue weighted by atomic mass is 32.1. The van der Waals surface area contributed by atoms with Crippen LogP contribution in [0.3, 0.4) is 0 Å². The smallest absolute Gasteiger partial charge is 0.344 e. The third-order valence-electron chi connectivity index (χ3n) is 2.98. The fraction of sp³-hybridized carbons (Fsp3) is 0.0667. The van der Waals surface area contributed by atoms with Gasteiger partial charge in [-0.2, -0.15) is 13.2 Å². The minimum absolute atomic E-state index is 0.0491. The summed E-state index contributed by atoms with van der Waals surface area (Å²) in [4.78, 5) is 23.6. The first-order valence-corrected chi connectivity index (χ1v) is 7.77. The molecule has 0 bridgehead atoms. The second-order valence-electron chi connectivity index (χ2n) is 4.76. The van der Waals surface area contributed by atoms with E-state index in [2.05, 4.69) is 25.6 Å². The van der Waals surface area contributed by atoms with Gasteiger partial charge in [-0.25, -0.2) is 9.97 Å². The number of hydrogen-bond donors (Lipinski definition) is 2. The molecule has 0 aliphatic carbocycles. The molecule has 0 aliphatic heterocycles. The Morgan fingerprint density at radius 2 is 2.00 bits per heavy atom. The lowest BCUT2D eigenvalue weighted by molar-refractivity contribution is -0.141. The van der Waals surface area contributed by atoms with Gasteiger partial charge in [0.05, 0.1) is 17.4 Å². The van der Waals surface area contributed by atoms with Gasteiger partial charge in [-0.15, -0.1) is 11.3 Å². The predicted octanol–water partition coefficient (Wildman–Crippen LogP) is 3.95. The van der Waals surface area contributed by atoms with Gasteiger partial charge in [0.25, 0.3) is 5.91 Å². The number of carbonyl (C=O) groups excluding carboxylic acids is 1. The van der Waals surface area contributed by atoms with Gasteiger partial charge in [-0.05, 0) is 24.3 Å². The van der Waals surface area contributed by atoms with Gasteiger partial charge in [0.2, 0.25) is 0 Å². The van der Waals surface area contributed by atoms with Crippen LogP contribution in [0.5, 0.6) is 0 Å². The van der Waals surface area contributed by atoms with E-state index in [0.717, 1.165) is 6.07 Å². The second-order valence-corrected chi connectivity index (χ2v) is 5.61. The van der Waals surface area contributed by atoms with Crippen molar-refractivity contribution in [3.8, 4) is 0 Å². The third kappa shape index (κ3) is 4.10. The third-order valence-corrected chi connectivity index (χ3v) is 3.72. The van der Waals surface area contributed by atoms with Gasteiger partial charge >= 0.3 is 6.18 Å². The molecule has 0 aromatic carbocycles. The van der Waals surface area contributed by atoms with E-state index in [9.17, 15) is 18.0 Å². The SMILES string of the molecule is O=C(Nc1cccc(C(F)(F)F)n1)c1ncsc1Nc1cccnc1. The van der Waals surface area contributed by atoms with Crippen molar-refractivity contribution in [2.45, 2.75) is 6.18 Å². The molecule has 6 nitrogen and oxygen atoms in total. The standard InChI is InChI=1S/C15H10F3N5OS/c16-15(17,18)10-4-1-5-11(22-10)23-13(24)12-14(25-8-20-12)21-9-3-2-6-19-7-9/h1-8,21H,(H,22,23,24). The van der Waals surface area contributed by atoms with E-state index >= 15 is 0 Å². The first-order valence-electron chi connectivity index (χ1n) is 6.89. The Labute approximate surface area is 143 Å². The minimum atomic E-state index is -4.59. The number of rotatable bonds is 4. The van der Waals surface area contributed by atoms with Crippen molar-refractivity contribution >= 4 is 33.8 Å². The van der Waals surface area contributed by atoms with E-state index in [1.165, 1.54) is 29.0 Å². The highest BCUT2D eigenvalue weighted by molar-refractivity contribution is 7.14. The molecule has 3 heterocycles. The van der Waals surface area contributed by atoms with Crippen LogP contribution in [0.1, 0.15) is 16.2 Å². The van der Waals surface area contributed by atoms with E-state index in [1.54, 1.807) is 24.5 Å². The number of pyridine rings is 2. The quantitative estimate of drug-likeness (QED) is 0.732. The summed E-state index contributed by atoms with van der Waals surface area (Å²) in [5.41, 5.74) is 1.07. The van der Waals surface area contributed by atoms with E-state index in [0.29, 0.717) is 10.7 Å².